The maximum atomic E-state index is 13.3. The maximum Gasteiger partial charge on any atom is 0.231 e. The molecule has 0 spiro atoms. The number of piperazine rings is 1. The summed E-state index contributed by atoms with van der Waals surface area (Å²) in [6.45, 7) is 6.25. The van der Waals surface area contributed by atoms with Crippen LogP contribution in [0.25, 0.3) is 0 Å². The summed E-state index contributed by atoms with van der Waals surface area (Å²) in [6, 6.07) is 12.4. The Bertz CT molecular complexity index is 1140. The van der Waals surface area contributed by atoms with Gasteiger partial charge < -0.3 is 24.4 Å². The van der Waals surface area contributed by atoms with Crippen LogP contribution in [-0.2, 0) is 27.1 Å². The molecule has 2 aromatic rings. The van der Waals surface area contributed by atoms with E-state index in [0.717, 1.165) is 81.6 Å². The number of carbonyl (C=O) groups excluding carboxylic acids is 1. The molecule has 0 radical (unpaired) electrons. The molecule has 1 amide bonds. The normalized spacial score (nSPS) is 23.7. The van der Waals surface area contributed by atoms with Crippen LogP contribution in [0, 0.1) is 11.8 Å². The van der Waals surface area contributed by atoms with Crippen molar-refractivity contribution < 1.29 is 19.0 Å². The number of aromatic nitrogens is 1. The number of nitrogens with zero attached hydrogens (tertiary/aromatic N) is 3. The summed E-state index contributed by atoms with van der Waals surface area (Å²) in [5, 5.41) is 3.33. The minimum atomic E-state index is -0.356. The van der Waals surface area contributed by atoms with Crippen molar-refractivity contribution in [2.75, 3.05) is 51.0 Å². The number of carbonyl (C=O) groups is 1. The predicted molar refractivity (Wildman–Crippen MR) is 149 cm³/mol. The summed E-state index contributed by atoms with van der Waals surface area (Å²) in [7, 11) is 0. The van der Waals surface area contributed by atoms with Crippen molar-refractivity contribution in [1.82, 2.24) is 15.2 Å². The van der Waals surface area contributed by atoms with Gasteiger partial charge in [-0.2, -0.15) is 0 Å². The molecule has 1 aliphatic carbocycles. The number of pyridine rings is 1. The van der Waals surface area contributed by atoms with Crippen molar-refractivity contribution in [3.63, 3.8) is 0 Å². The smallest absolute Gasteiger partial charge is 0.231 e. The quantitative estimate of drug-likeness (QED) is 0.525. The van der Waals surface area contributed by atoms with Gasteiger partial charge in [0.15, 0.2) is 11.6 Å². The summed E-state index contributed by atoms with van der Waals surface area (Å²) in [5.74, 6) is 3.08. The van der Waals surface area contributed by atoms with Gasteiger partial charge in [-0.05, 0) is 62.6 Å². The second kappa shape index (κ2) is 12.3. The number of anilines is 1. The molecule has 4 aliphatic rings. The number of rotatable bonds is 9. The molecule has 39 heavy (non-hydrogen) atoms. The number of ether oxygens (including phenoxy) is 3. The summed E-state index contributed by atoms with van der Waals surface area (Å²) < 4.78 is 16.8. The molecule has 4 heterocycles. The first-order chi connectivity index (χ1) is 19.2. The van der Waals surface area contributed by atoms with Crippen LogP contribution in [0.15, 0.2) is 54.6 Å². The van der Waals surface area contributed by atoms with Crippen molar-refractivity contribution >= 4 is 11.7 Å². The summed E-state index contributed by atoms with van der Waals surface area (Å²) in [4.78, 5) is 22.9. The molecule has 208 valence electrons. The van der Waals surface area contributed by atoms with E-state index in [1.54, 1.807) is 6.26 Å². The van der Waals surface area contributed by atoms with Crippen LogP contribution >= 0.6 is 0 Å². The average molecular weight is 533 g/mol. The Kier molecular flexibility index (Phi) is 8.19. The number of amides is 1. The Hall–Kier alpha value is -3.26. The van der Waals surface area contributed by atoms with Crippen LogP contribution in [0.5, 0.6) is 5.75 Å². The molecule has 1 aromatic heterocycles. The van der Waals surface area contributed by atoms with E-state index in [-0.39, 0.29) is 24.7 Å². The molecular weight excluding hydrogens is 492 g/mol. The third-order valence-electron chi connectivity index (χ3n) is 8.74. The lowest BCUT2D eigenvalue weighted by atomic mass is 9.83. The van der Waals surface area contributed by atoms with Crippen LogP contribution in [-0.4, -0.2) is 68.0 Å². The molecule has 1 aromatic carbocycles. The van der Waals surface area contributed by atoms with Crippen molar-refractivity contribution in [2.24, 2.45) is 11.8 Å². The van der Waals surface area contributed by atoms with Crippen molar-refractivity contribution in [2.45, 2.75) is 51.0 Å². The molecule has 8 nitrogen and oxygen atoms in total. The zero-order chi connectivity index (χ0) is 26.4. The van der Waals surface area contributed by atoms with E-state index in [2.05, 4.69) is 38.3 Å². The van der Waals surface area contributed by atoms with Gasteiger partial charge in [0, 0.05) is 50.4 Å². The highest BCUT2D eigenvalue weighted by molar-refractivity contribution is 5.81. The van der Waals surface area contributed by atoms with Crippen molar-refractivity contribution in [3.05, 3.63) is 65.7 Å². The first kappa shape index (κ1) is 26.0. The standard InChI is InChI=1S/C31H40N4O4/c36-31(27(28-21-37-22-39-28)20-24-4-2-1-3-5-24)33-26-8-6-23(7-9-26)11-14-34-15-17-35(18-16-34)30-29-25(10-13-32-30)12-19-38-29/h1-5,10,13,21,23,26-27H,6-9,11-12,14-20,22H2,(H,33,36). The van der Waals surface area contributed by atoms with E-state index in [9.17, 15) is 4.79 Å². The van der Waals surface area contributed by atoms with E-state index in [1.165, 1.54) is 24.8 Å². The number of benzene rings is 1. The Balaban J connectivity index is 0.930. The zero-order valence-corrected chi connectivity index (χ0v) is 22.7. The predicted octanol–water partition coefficient (Wildman–Crippen LogP) is 3.91. The molecule has 1 atom stereocenters. The van der Waals surface area contributed by atoms with E-state index >= 15 is 0 Å². The Morgan fingerprint density at radius 3 is 2.62 bits per heavy atom. The number of fused-ring (bicyclic) bond motifs is 1. The second-order valence-electron chi connectivity index (χ2n) is 11.3. The minimum absolute atomic E-state index is 0.0425. The number of hydrogen-bond donors (Lipinski definition) is 1. The van der Waals surface area contributed by atoms with Gasteiger partial charge in [0.1, 0.15) is 17.9 Å². The fourth-order valence-corrected chi connectivity index (χ4v) is 6.37. The molecular formula is C31H40N4O4. The van der Waals surface area contributed by atoms with Crippen molar-refractivity contribution in [3.8, 4) is 5.75 Å². The minimum Gasteiger partial charge on any atom is -0.489 e. The molecule has 0 bridgehead atoms. The maximum absolute atomic E-state index is 13.3. The first-order valence-electron chi connectivity index (χ1n) is 14.6. The van der Waals surface area contributed by atoms with Gasteiger partial charge in [-0.3, -0.25) is 9.69 Å². The molecule has 1 saturated heterocycles. The monoisotopic (exact) mass is 532 g/mol. The molecule has 6 rings (SSSR count). The van der Waals surface area contributed by atoms with Gasteiger partial charge >= 0.3 is 0 Å². The highest BCUT2D eigenvalue weighted by Gasteiger charge is 2.31. The summed E-state index contributed by atoms with van der Waals surface area (Å²) in [6.07, 6.45) is 10.8. The zero-order valence-electron chi connectivity index (χ0n) is 22.7. The van der Waals surface area contributed by atoms with E-state index in [0.29, 0.717) is 12.2 Å². The molecule has 8 heteroatoms. The Morgan fingerprint density at radius 1 is 1.03 bits per heavy atom. The fourth-order valence-electron chi connectivity index (χ4n) is 6.37. The SMILES string of the molecule is O=C(NC1CCC(CCN2CCN(c3nccc4c3OCC4)CC2)CC1)C(Cc1ccccc1)C1=COCO1. The second-order valence-corrected chi connectivity index (χ2v) is 11.3. The third-order valence-corrected chi connectivity index (χ3v) is 8.74. The largest absolute Gasteiger partial charge is 0.489 e. The first-order valence-corrected chi connectivity index (χ1v) is 14.6. The Morgan fingerprint density at radius 2 is 1.85 bits per heavy atom. The van der Waals surface area contributed by atoms with Gasteiger partial charge in [0.2, 0.25) is 12.7 Å². The van der Waals surface area contributed by atoms with E-state index in [1.807, 2.05) is 24.4 Å². The average Bonchev–Trinajstić information content (AvgIpc) is 3.69. The van der Waals surface area contributed by atoms with E-state index in [4.69, 9.17) is 14.2 Å². The summed E-state index contributed by atoms with van der Waals surface area (Å²) in [5.41, 5.74) is 2.41. The Labute approximate surface area is 231 Å². The van der Waals surface area contributed by atoms with Gasteiger partial charge in [-0.1, -0.05) is 30.3 Å². The highest BCUT2D eigenvalue weighted by atomic mass is 16.7. The number of nitrogens with one attached hydrogen (secondary N) is 1. The van der Waals surface area contributed by atoms with Crippen LogP contribution in [0.2, 0.25) is 0 Å². The highest BCUT2D eigenvalue weighted by Crippen LogP contribution is 2.35. The molecule has 1 unspecified atom stereocenters. The number of hydrogen-bond acceptors (Lipinski definition) is 7. The van der Waals surface area contributed by atoms with Gasteiger partial charge in [0.05, 0.1) is 6.61 Å². The molecule has 1 saturated carbocycles. The van der Waals surface area contributed by atoms with Crippen molar-refractivity contribution in [1.29, 1.82) is 0 Å². The molecule has 3 aliphatic heterocycles. The van der Waals surface area contributed by atoms with Gasteiger partial charge in [-0.25, -0.2) is 4.98 Å². The van der Waals surface area contributed by atoms with Crippen LogP contribution in [0.3, 0.4) is 0 Å². The lowest BCUT2D eigenvalue weighted by molar-refractivity contribution is -0.126. The summed E-state index contributed by atoms with van der Waals surface area (Å²) >= 11 is 0. The lowest BCUT2D eigenvalue weighted by Crippen LogP contribution is -2.47. The third kappa shape index (κ3) is 6.32. The van der Waals surface area contributed by atoms with E-state index < -0.39 is 0 Å². The lowest BCUT2D eigenvalue weighted by Gasteiger charge is -2.37. The van der Waals surface area contributed by atoms with Gasteiger partial charge in [-0.15, -0.1) is 0 Å². The van der Waals surface area contributed by atoms with Gasteiger partial charge in [0.25, 0.3) is 0 Å². The van der Waals surface area contributed by atoms with Crippen LogP contribution in [0.4, 0.5) is 5.82 Å². The topological polar surface area (TPSA) is 76.2 Å². The molecule has 1 N–H and O–H groups in total. The van der Waals surface area contributed by atoms with Crippen LogP contribution in [0.1, 0.15) is 43.2 Å². The van der Waals surface area contributed by atoms with Crippen LogP contribution < -0.4 is 15.0 Å². The fraction of sp³-hybridized carbons (Fsp3) is 0.548. The molecule has 2 fully saturated rings.